The van der Waals surface area contributed by atoms with Gasteiger partial charge in [-0.25, -0.2) is 8.42 Å². The van der Waals surface area contributed by atoms with E-state index in [1.807, 2.05) is 64.1 Å². The number of carbonyl (C=O) groups excluding carboxylic acids is 1. The SMILES string of the molecule is Cc1ccc(C)c(OCCNC(=O)c2ccc(CN(c3cc(C)ccc3C)S(C)(=O)=O)cc2)c1. The summed E-state index contributed by atoms with van der Waals surface area (Å²) in [5, 5.41) is 2.86. The van der Waals surface area contributed by atoms with Crippen molar-refractivity contribution in [3.63, 3.8) is 0 Å². The zero-order valence-corrected chi connectivity index (χ0v) is 21.2. The number of anilines is 1. The van der Waals surface area contributed by atoms with Crippen LogP contribution in [0.1, 0.15) is 38.2 Å². The molecular weight excluding hydrogens is 448 g/mol. The Morgan fingerprint density at radius 3 is 2.15 bits per heavy atom. The van der Waals surface area contributed by atoms with E-state index in [-0.39, 0.29) is 12.5 Å². The first-order valence-electron chi connectivity index (χ1n) is 11.2. The minimum atomic E-state index is -3.49. The number of benzene rings is 3. The van der Waals surface area contributed by atoms with Gasteiger partial charge in [0.15, 0.2) is 0 Å². The molecule has 1 N–H and O–H groups in total. The summed E-state index contributed by atoms with van der Waals surface area (Å²) in [5.41, 5.74) is 6.01. The van der Waals surface area contributed by atoms with Gasteiger partial charge in [0.25, 0.3) is 5.91 Å². The highest BCUT2D eigenvalue weighted by atomic mass is 32.2. The fraction of sp³-hybridized carbons (Fsp3) is 0.296. The van der Waals surface area contributed by atoms with E-state index in [1.54, 1.807) is 24.3 Å². The van der Waals surface area contributed by atoms with Crippen molar-refractivity contribution < 1.29 is 17.9 Å². The van der Waals surface area contributed by atoms with Crippen LogP contribution in [0.15, 0.2) is 60.7 Å². The predicted octanol–water partition coefficient (Wildman–Crippen LogP) is 4.70. The molecule has 0 saturated carbocycles. The third kappa shape index (κ3) is 6.60. The smallest absolute Gasteiger partial charge is 0.251 e. The standard InChI is InChI=1S/C27H32N2O4S/c1-19-6-8-21(3)25(16-19)29(34(5,31)32)18-23-10-12-24(13-11-23)27(30)28-14-15-33-26-17-20(2)7-9-22(26)4/h6-13,16-17H,14-15,18H2,1-5H3,(H,28,30). The Hall–Kier alpha value is -3.32. The third-order valence-corrected chi connectivity index (χ3v) is 6.69. The molecule has 3 aromatic rings. The van der Waals surface area contributed by atoms with E-state index >= 15 is 0 Å². The maximum absolute atomic E-state index is 12.5. The topological polar surface area (TPSA) is 75.7 Å². The number of nitrogens with zero attached hydrogens (tertiary/aromatic N) is 1. The van der Waals surface area contributed by atoms with Crippen LogP contribution in [-0.2, 0) is 16.6 Å². The third-order valence-electron chi connectivity index (χ3n) is 5.56. The van der Waals surface area contributed by atoms with E-state index in [2.05, 4.69) is 5.32 Å². The molecule has 3 rings (SSSR count). The molecule has 0 saturated heterocycles. The molecule has 0 fully saturated rings. The molecule has 0 spiro atoms. The number of aryl methyl sites for hydroxylation is 4. The summed E-state index contributed by atoms with van der Waals surface area (Å²) < 4.78 is 32.2. The number of ether oxygens (including phenoxy) is 1. The quantitative estimate of drug-likeness (QED) is 0.451. The molecule has 0 aliphatic rings. The Balaban J connectivity index is 1.61. The highest BCUT2D eigenvalue weighted by Crippen LogP contribution is 2.26. The first-order chi connectivity index (χ1) is 16.0. The number of sulfonamides is 1. The zero-order valence-electron chi connectivity index (χ0n) is 20.4. The minimum Gasteiger partial charge on any atom is -0.491 e. The van der Waals surface area contributed by atoms with Crippen molar-refractivity contribution in [2.45, 2.75) is 34.2 Å². The van der Waals surface area contributed by atoms with E-state index in [4.69, 9.17) is 4.74 Å². The minimum absolute atomic E-state index is 0.189. The molecule has 0 unspecified atom stereocenters. The number of rotatable bonds is 9. The van der Waals surface area contributed by atoms with Gasteiger partial charge in [-0.2, -0.15) is 0 Å². The average Bonchev–Trinajstić information content (AvgIpc) is 2.78. The lowest BCUT2D eigenvalue weighted by Crippen LogP contribution is -2.30. The Morgan fingerprint density at radius 1 is 0.882 bits per heavy atom. The fourth-order valence-electron chi connectivity index (χ4n) is 3.59. The second kappa shape index (κ2) is 10.7. The number of hydrogen-bond acceptors (Lipinski definition) is 4. The van der Waals surface area contributed by atoms with Gasteiger partial charge in [-0.3, -0.25) is 9.10 Å². The van der Waals surface area contributed by atoms with Crippen molar-refractivity contribution in [1.82, 2.24) is 5.32 Å². The lowest BCUT2D eigenvalue weighted by molar-refractivity contribution is 0.0947. The van der Waals surface area contributed by atoms with Crippen molar-refractivity contribution in [2.75, 3.05) is 23.7 Å². The van der Waals surface area contributed by atoms with Gasteiger partial charge in [0, 0.05) is 5.56 Å². The molecular formula is C27H32N2O4S. The van der Waals surface area contributed by atoms with Gasteiger partial charge in [0.1, 0.15) is 12.4 Å². The Kier molecular flexibility index (Phi) is 7.99. The summed E-state index contributed by atoms with van der Waals surface area (Å²) in [6, 6.07) is 18.8. The van der Waals surface area contributed by atoms with Crippen LogP contribution in [0, 0.1) is 27.7 Å². The normalized spacial score (nSPS) is 11.2. The second-order valence-electron chi connectivity index (χ2n) is 8.63. The Bertz CT molecular complexity index is 1270. The molecule has 0 aromatic heterocycles. The van der Waals surface area contributed by atoms with E-state index in [0.717, 1.165) is 33.6 Å². The number of amides is 1. The molecule has 3 aromatic carbocycles. The Labute approximate surface area is 202 Å². The van der Waals surface area contributed by atoms with E-state index in [1.165, 1.54) is 10.6 Å². The number of hydrogen-bond donors (Lipinski definition) is 1. The zero-order chi connectivity index (χ0) is 24.9. The van der Waals surface area contributed by atoms with Crippen LogP contribution < -0.4 is 14.4 Å². The molecule has 0 bridgehead atoms. The summed E-state index contributed by atoms with van der Waals surface area (Å²) >= 11 is 0. The van der Waals surface area contributed by atoms with E-state index < -0.39 is 10.0 Å². The summed E-state index contributed by atoms with van der Waals surface area (Å²) in [5.74, 6) is 0.614. The van der Waals surface area contributed by atoms with Gasteiger partial charge in [-0.15, -0.1) is 0 Å². The summed E-state index contributed by atoms with van der Waals surface area (Å²) in [6.07, 6.45) is 1.21. The average molecular weight is 481 g/mol. The lowest BCUT2D eigenvalue weighted by Gasteiger charge is -2.25. The summed E-state index contributed by atoms with van der Waals surface area (Å²) in [7, 11) is -3.49. The highest BCUT2D eigenvalue weighted by molar-refractivity contribution is 7.92. The van der Waals surface area contributed by atoms with Crippen molar-refractivity contribution in [1.29, 1.82) is 0 Å². The van der Waals surface area contributed by atoms with Crippen LogP contribution in [-0.4, -0.2) is 33.7 Å². The molecule has 0 radical (unpaired) electrons. The lowest BCUT2D eigenvalue weighted by atomic mass is 10.1. The van der Waals surface area contributed by atoms with Gasteiger partial charge in [-0.05, 0) is 79.8 Å². The molecule has 0 heterocycles. The van der Waals surface area contributed by atoms with Crippen LogP contribution >= 0.6 is 0 Å². The second-order valence-corrected chi connectivity index (χ2v) is 10.5. The Morgan fingerprint density at radius 2 is 1.50 bits per heavy atom. The number of nitrogens with one attached hydrogen (secondary N) is 1. The van der Waals surface area contributed by atoms with E-state index in [9.17, 15) is 13.2 Å². The van der Waals surface area contributed by atoms with Crippen LogP contribution in [0.25, 0.3) is 0 Å². The van der Waals surface area contributed by atoms with E-state index in [0.29, 0.717) is 24.4 Å². The predicted molar refractivity (Wildman–Crippen MR) is 137 cm³/mol. The number of carbonyl (C=O) groups is 1. The first kappa shape index (κ1) is 25.3. The molecule has 0 aliphatic heterocycles. The van der Waals surface area contributed by atoms with Crippen LogP contribution in [0.3, 0.4) is 0 Å². The van der Waals surface area contributed by atoms with Gasteiger partial charge in [0.2, 0.25) is 10.0 Å². The van der Waals surface area contributed by atoms with Crippen LogP contribution in [0.4, 0.5) is 5.69 Å². The fourth-order valence-corrected chi connectivity index (χ4v) is 4.52. The van der Waals surface area contributed by atoms with Crippen molar-refractivity contribution in [2.24, 2.45) is 0 Å². The largest absolute Gasteiger partial charge is 0.491 e. The molecule has 0 atom stereocenters. The highest BCUT2D eigenvalue weighted by Gasteiger charge is 2.20. The van der Waals surface area contributed by atoms with Crippen LogP contribution in [0.2, 0.25) is 0 Å². The van der Waals surface area contributed by atoms with Gasteiger partial charge < -0.3 is 10.1 Å². The molecule has 0 aliphatic carbocycles. The van der Waals surface area contributed by atoms with Crippen molar-refractivity contribution in [3.05, 3.63) is 94.0 Å². The maximum atomic E-state index is 12.5. The monoisotopic (exact) mass is 480 g/mol. The van der Waals surface area contributed by atoms with Gasteiger partial charge in [0.05, 0.1) is 25.0 Å². The maximum Gasteiger partial charge on any atom is 0.251 e. The van der Waals surface area contributed by atoms with Gasteiger partial charge in [-0.1, -0.05) is 36.4 Å². The van der Waals surface area contributed by atoms with Crippen molar-refractivity contribution >= 4 is 21.6 Å². The molecule has 6 nitrogen and oxygen atoms in total. The van der Waals surface area contributed by atoms with Crippen LogP contribution in [0.5, 0.6) is 5.75 Å². The molecule has 180 valence electrons. The molecule has 7 heteroatoms. The summed E-state index contributed by atoms with van der Waals surface area (Å²) in [4.78, 5) is 12.5. The first-order valence-corrected chi connectivity index (χ1v) is 13.0. The van der Waals surface area contributed by atoms with Gasteiger partial charge >= 0.3 is 0 Å². The summed E-state index contributed by atoms with van der Waals surface area (Å²) in [6.45, 7) is 8.76. The molecule has 34 heavy (non-hydrogen) atoms. The van der Waals surface area contributed by atoms with Crippen molar-refractivity contribution in [3.8, 4) is 5.75 Å². The molecule has 1 amide bonds.